The number of aliphatic hydroxyl groups excluding tert-OH is 1. The second-order valence-corrected chi connectivity index (χ2v) is 14.1. The number of fused-ring (bicyclic) bond motifs is 1. The molecule has 0 bridgehead atoms. The third-order valence-electron chi connectivity index (χ3n) is 8.98. The number of halogens is 1. The molecule has 3 aliphatic rings. The summed E-state index contributed by atoms with van der Waals surface area (Å²) in [6.07, 6.45) is 7.03. The number of carbonyl (C=O) groups is 1. The topological polar surface area (TPSA) is 107 Å². The monoisotopic (exact) mass is 583 g/mol. The number of anilines is 4. The Kier molecular flexibility index (Phi) is 6.93. The van der Waals surface area contributed by atoms with E-state index in [-0.39, 0.29) is 12.5 Å². The highest BCUT2D eigenvalue weighted by atomic mass is 32.2. The zero-order valence-electron chi connectivity index (χ0n) is 23.6. The molecule has 3 aromatic rings. The molecule has 3 heterocycles. The van der Waals surface area contributed by atoms with Crippen LogP contribution in [-0.4, -0.2) is 68.2 Å². The van der Waals surface area contributed by atoms with Crippen LogP contribution < -0.4 is 19.8 Å². The zero-order valence-corrected chi connectivity index (χ0v) is 24.4. The van der Waals surface area contributed by atoms with Gasteiger partial charge in [-0.15, -0.1) is 0 Å². The van der Waals surface area contributed by atoms with Crippen molar-refractivity contribution in [3.8, 4) is 0 Å². The summed E-state index contributed by atoms with van der Waals surface area (Å²) in [5.74, 6) is -0.680. The molecule has 1 spiro atoms. The first-order chi connectivity index (χ1) is 19.5. The third kappa shape index (κ3) is 5.74. The highest BCUT2D eigenvalue weighted by Crippen LogP contribution is 2.54. The molecule has 2 saturated heterocycles. The van der Waals surface area contributed by atoms with E-state index in [1.54, 1.807) is 25.1 Å². The number of hydrogen-bond acceptors (Lipinski definition) is 6. The van der Waals surface area contributed by atoms with Crippen molar-refractivity contribution in [2.75, 3.05) is 58.4 Å². The van der Waals surface area contributed by atoms with Gasteiger partial charge in [-0.25, -0.2) is 12.8 Å². The number of rotatable bonds is 8. The van der Waals surface area contributed by atoms with Crippen molar-refractivity contribution in [1.29, 1.82) is 0 Å². The van der Waals surface area contributed by atoms with Crippen LogP contribution in [0.15, 0.2) is 42.6 Å². The molecule has 3 fully saturated rings. The van der Waals surface area contributed by atoms with Gasteiger partial charge in [0.1, 0.15) is 5.67 Å². The molecule has 3 N–H and O–H groups in total. The van der Waals surface area contributed by atoms with Crippen molar-refractivity contribution < 1.29 is 22.7 Å². The van der Waals surface area contributed by atoms with E-state index < -0.39 is 28.1 Å². The van der Waals surface area contributed by atoms with Gasteiger partial charge in [0, 0.05) is 50.2 Å². The lowest BCUT2D eigenvalue weighted by Crippen LogP contribution is -2.35. The van der Waals surface area contributed by atoms with Crippen molar-refractivity contribution in [2.24, 2.45) is 12.5 Å². The number of nitrogens with zero attached hydrogens (tertiary/aromatic N) is 3. The quantitative estimate of drug-likeness (QED) is 0.361. The van der Waals surface area contributed by atoms with Crippen LogP contribution in [0.2, 0.25) is 0 Å². The number of piperidine rings is 1. The normalized spacial score (nSPS) is 22.0. The van der Waals surface area contributed by atoms with E-state index in [9.17, 15) is 17.6 Å². The van der Waals surface area contributed by atoms with Gasteiger partial charge in [0.25, 0.3) is 5.91 Å². The minimum absolute atomic E-state index is 0.270. The van der Waals surface area contributed by atoms with Crippen LogP contribution in [-0.2, 0) is 17.1 Å². The molecule has 2 aromatic carbocycles. The van der Waals surface area contributed by atoms with Gasteiger partial charge in [0.2, 0.25) is 10.0 Å². The lowest BCUT2D eigenvalue weighted by Gasteiger charge is -2.35. The van der Waals surface area contributed by atoms with E-state index in [1.165, 1.54) is 12.8 Å². The Hall–Kier alpha value is -3.31. The van der Waals surface area contributed by atoms with E-state index in [4.69, 9.17) is 5.11 Å². The molecule has 11 heteroatoms. The van der Waals surface area contributed by atoms with Crippen LogP contribution in [0.25, 0.3) is 10.9 Å². The predicted octanol–water partition coefficient (Wildman–Crippen LogP) is 4.48. The molecule has 9 nitrogen and oxygen atoms in total. The maximum atomic E-state index is 14.8. The largest absolute Gasteiger partial charge is 0.395 e. The van der Waals surface area contributed by atoms with E-state index in [0.29, 0.717) is 35.3 Å². The van der Waals surface area contributed by atoms with E-state index in [2.05, 4.69) is 14.9 Å². The second-order valence-electron chi connectivity index (χ2n) is 12.3. The molecule has 1 atom stereocenters. The summed E-state index contributed by atoms with van der Waals surface area (Å²) in [6.45, 7) is 3.64. The van der Waals surface area contributed by atoms with Crippen molar-refractivity contribution in [2.45, 2.75) is 44.7 Å². The third-order valence-corrected chi connectivity index (χ3v) is 10.2. The maximum Gasteiger partial charge on any atom is 0.255 e. The number of carbonyl (C=O) groups excluding carboxylic acids is 1. The average Bonchev–Trinajstić information content (AvgIpc) is 3.41. The van der Waals surface area contributed by atoms with Gasteiger partial charge in [-0.05, 0) is 74.4 Å². The van der Waals surface area contributed by atoms with Crippen LogP contribution in [0.4, 0.5) is 27.1 Å². The van der Waals surface area contributed by atoms with E-state index in [1.807, 2.05) is 40.9 Å². The Labute approximate surface area is 240 Å². The molecular formula is C30H38FN5O4S. The fraction of sp³-hybridized carbons (Fsp3) is 0.500. The summed E-state index contributed by atoms with van der Waals surface area (Å²) in [6, 6.07) is 10.8. The zero-order chi connectivity index (χ0) is 29.0. The van der Waals surface area contributed by atoms with Crippen LogP contribution >= 0.6 is 0 Å². The van der Waals surface area contributed by atoms with Crippen LogP contribution in [0, 0.1) is 5.41 Å². The first kappa shape index (κ1) is 27.8. The molecule has 6 rings (SSSR count). The molecule has 1 amide bonds. The van der Waals surface area contributed by atoms with Crippen LogP contribution in [0.3, 0.4) is 0 Å². The van der Waals surface area contributed by atoms with E-state index >= 15 is 0 Å². The fourth-order valence-electron chi connectivity index (χ4n) is 6.33. The van der Waals surface area contributed by atoms with Gasteiger partial charge in [0.15, 0.2) is 0 Å². The lowest BCUT2D eigenvalue weighted by atomic mass is 9.93. The summed E-state index contributed by atoms with van der Waals surface area (Å²) < 4.78 is 44.0. The first-order valence-electron chi connectivity index (χ1n) is 14.3. The van der Waals surface area contributed by atoms with E-state index in [0.717, 1.165) is 48.2 Å². The fourth-order valence-corrected chi connectivity index (χ4v) is 7.16. The van der Waals surface area contributed by atoms with Crippen molar-refractivity contribution >= 4 is 49.6 Å². The number of nitrogens with one attached hydrogen (secondary N) is 2. The van der Waals surface area contributed by atoms with Crippen molar-refractivity contribution in [3.05, 3.63) is 48.2 Å². The molecule has 1 aliphatic carbocycles. The van der Waals surface area contributed by atoms with Crippen LogP contribution in [0.1, 0.15) is 49.4 Å². The van der Waals surface area contributed by atoms with Gasteiger partial charge in [0.05, 0.1) is 47.2 Å². The number of benzene rings is 2. The number of amides is 1. The molecule has 0 radical (unpaired) electrons. The van der Waals surface area contributed by atoms with Gasteiger partial charge < -0.3 is 24.8 Å². The molecule has 41 heavy (non-hydrogen) atoms. The van der Waals surface area contributed by atoms with Crippen molar-refractivity contribution in [3.63, 3.8) is 0 Å². The average molecular weight is 584 g/mol. The molecule has 1 unspecified atom stereocenters. The molecule has 2 aliphatic heterocycles. The number of hydrogen-bond donors (Lipinski definition) is 3. The highest BCUT2D eigenvalue weighted by molar-refractivity contribution is 7.92. The number of alkyl halides is 1. The summed E-state index contributed by atoms with van der Waals surface area (Å²) in [5, 5.41) is 13.1. The summed E-state index contributed by atoms with van der Waals surface area (Å²) >= 11 is 0. The van der Waals surface area contributed by atoms with Gasteiger partial charge in [-0.2, -0.15) is 0 Å². The minimum Gasteiger partial charge on any atom is -0.395 e. The molecule has 1 aromatic heterocycles. The Morgan fingerprint density at radius 3 is 2.39 bits per heavy atom. The maximum absolute atomic E-state index is 14.8. The second kappa shape index (κ2) is 10.2. The smallest absolute Gasteiger partial charge is 0.255 e. The summed E-state index contributed by atoms with van der Waals surface area (Å²) in [5.41, 5.74) is 3.18. The van der Waals surface area contributed by atoms with Gasteiger partial charge in [-0.1, -0.05) is 0 Å². The molecule has 1 saturated carbocycles. The number of aryl methyl sites for hydroxylation is 1. The Morgan fingerprint density at radius 1 is 1.00 bits per heavy atom. The van der Waals surface area contributed by atoms with Crippen molar-refractivity contribution in [1.82, 2.24) is 4.57 Å². The lowest BCUT2D eigenvalue weighted by molar-refractivity contribution is 0.102. The first-order valence-corrected chi connectivity index (χ1v) is 16.0. The predicted molar refractivity (Wildman–Crippen MR) is 161 cm³/mol. The van der Waals surface area contributed by atoms with Gasteiger partial charge in [-0.3, -0.25) is 9.52 Å². The summed E-state index contributed by atoms with van der Waals surface area (Å²) in [7, 11) is -1.75. The molecule has 220 valence electrons. The Morgan fingerprint density at radius 2 is 1.73 bits per heavy atom. The Bertz CT molecular complexity index is 1590. The molecular weight excluding hydrogens is 545 g/mol. The highest BCUT2D eigenvalue weighted by Gasteiger charge is 2.44. The number of aliphatic hydroxyl groups is 1. The van der Waals surface area contributed by atoms with Crippen LogP contribution in [0.5, 0.6) is 0 Å². The standard InChI is InChI=1S/C30H38FN5O4S/c1-29(31)8-12-36(20-29)26-18-22(17-21-5-11-34(2)27(21)26)28(38)32-24-4-3-23(33-41(39,40)16-15-37)19-25(24)35-13-9-30(6-7-30)10-14-35/h3-5,11,17-19,33,37H,6-10,12-16,20H2,1-2H3,(H,32,38). The minimum atomic E-state index is -3.70. The number of aromatic nitrogens is 1. The number of sulfonamides is 1. The Balaban J connectivity index is 1.32. The SMILES string of the molecule is Cn1ccc2cc(C(=O)Nc3ccc(NS(=O)(=O)CCO)cc3N3CCC4(CC3)CC4)cc(N3CCC(C)(F)C3)c21. The summed E-state index contributed by atoms with van der Waals surface area (Å²) in [4.78, 5) is 18.0. The van der Waals surface area contributed by atoms with Gasteiger partial charge >= 0.3 is 0 Å².